The molecule has 1 aliphatic heterocycles. The van der Waals surface area contributed by atoms with Crippen molar-refractivity contribution in [3.63, 3.8) is 0 Å². The lowest BCUT2D eigenvalue weighted by Crippen LogP contribution is -2.54. The third-order valence-electron chi connectivity index (χ3n) is 3.47. The van der Waals surface area contributed by atoms with Gasteiger partial charge in [0.2, 0.25) is 5.91 Å². The topological polar surface area (TPSA) is 107 Å². The molecule has 0 aromatic carbocycles. The van der Waals surface area contributed by atoms with Crippen LogP contribution in [0.15, 0.2) is 6.33 Å². The number of nitrogens with zero attached hydrogens (tertiary/aromatic N) is 1. The van der Waals surface area contributed by atoms with Crippen LogP contribution in [0.25, 0.3) is 0 Å². The summed E-state index contributed by atoms with van der Waals surface area (Å²) in [6, 6.07) is -0.324. The van der Waals surface area contributed by atoms with E-state index >= 15 is 0 Å². The van der Waals surface area contributed by atoms with E-state index < -0.39 is 11.5 Å². The van der Waals surface area contributed by atoms with Gasteiger partial charge in [-0.15, -0.1) is 0 Å². The molecule has 0 spiro atoms. The van der Waals surface area contributed by atoms with Gasteiger partial charge in [-0.3, -0.25) is 14.9 Å². The molecular weight excluding hydrogens is 260 g/mol. The molecule has 1 aromatic rings. The highest BCUT2D eigenvalue weighted by Gasteiger charge is 2.29. The Balaban J connectivity index is 1.90. The van der Waals surface area contributed by atoms with Gasteiger partial charge < -0.3 is 15.4 Å². The highest BCUT2D eigenvalue weighted by Crippen LogP contribution is 2.15. The van der Waals surface area contributed by atoms with Crippen LogP contribution >= 0.6 is 0 Å². The van der Waals surface area contributed by atoms with Crippen molar-refractivity contribution in [2.24, 2.45) is 0 Å². The number of fused-ring (bicyclic) bond motifs is 1. The Kier molecular flexibility index (Phi) is 4.08. The maximum Gasteiger partial charge on any atom is 0.303 e. The molecule has 0 fully saturated rings. The smallest absolute Gasteiger partial charge is 0.303 e. The van der Waals surface area contributed by atoms with Gasteiger partial charge in [0.15, 0.2) is 0 Å². The fourth-order valence-electron chi connectivity index (χ4n) is 2.26. The van der Waals surface area contributed by atoms with E-state index in [0.717, 1.165) is 11.4 Å². The summed E-state index contributed by atoms with van der Waals surface area (Å²) in [5.74, 6) is -0.974. The molecule has 0 aliphatic carbocycles. The van der Waals surface area contributed by atoms with Gasteiger partial charge >= 0.3 is 5.97 Å². The van der Waals surface area contributed by atoms with E-state index in [4.69, 9.17) is 5.11 Å². The van der Waals surface area contributed by atoms with Crippen molar-refractivity contribution in [1.82, 2.24) is 20.6 Å². The molecule has 110 valence electrons. The van der Waals surface area contributed by atoms with E-state index in [9.17, 15) is 9.59 Å². The molecule has 0 saturated heterocycles. The summed E-state index contributed by atoms with van der Waals surface area (Å²) >= 11 is 0. The predicted octanol–water partition coefficient (Wildman–Crippen LogP) is 0.184. The third kappa shape index (κ3) is 3.57. The second-order valence-corrected chi connectivity index (χ2v) is 5.73. The minimum Gasteiger partial charge on any atom is -0.481 e. The van der Waals surface area contributed by atoms with Crippen molar-refractivity contribution >= 4 is 11.9 Å². The number of carboxylic acids is 1. The van der Waals surface area contributed by atoms with Gasteiger partial charge in [0, 0.05) is 24.9 Å². The van der Waals surface area contributed by atoms with Crippen LogP contribution in [0.5, 0.6) is 0 Å². The Morgan fingerprint density at radius 2 is 2.30 bits per heavy atom. The first-order valence-corrected chi connectivity index (χ1v) is 6.66. The number of carboxylic acid groups (broad SMARTS) is 1. The molecule has 0 bridgehead atoms. The Bertz CT molecular complexity index is 509. The standard InChI is InChI=1S/C13H20N4O3/c1-13(2,4-3-11(18)19)17-12(20)9-5-8-10(6-14-9)16-7-15-8/h7,9,14H,3-6H2,1-2H3,(H,15,16)(H,17,20)(H,18,19). The molecule has 1 amide bonds. The van der Waals surface area contributed by atoms with Crippen LogP contribution in [-0.2, 0) is 22.6 Å². The number of H-pyrrole nitrogens is 1. The van der Waals surface area contributed by atoms with Crippen molar-refractivity contribution in [3.8, 4) is 0 Å². The third-order valence-corrected chi connectivity index (χ3v) is 3.47. The number of hydrogen-bond acceptors (Lipinski definition) is 4. The Labute approximate surface area is 117 Å². The van der Waals surface area contributed by atoms with Crippen molar-refractivity contribution in [1.29, 1.82) is 0 Å². The Hall–Kier alpha value is -1.89. The molecule has 2 heterocycles. The van der Waals surface area contributed by atoms with Crippen LogP contribution in [0.2, 0.25) is 0 Å². The summed E-state index contributed by atoms with van der Waals surface area (Å²) < 4.78 is 0. The molecule has 0 saturated carbocycles. The van der Waals surface area contributed by atoms with E-state index in [0.29, 0.717) is 19.4 Å². The number of amides is 1. The second kappa shape index (κ2) is 5.62. The molecule has 20 heavy (non-hydrogen) atoms. The van der Waals surface area contributed by atoms with Crippen LogP contribution < -0.4 is 10.6 Å². The number of carbonyl (C=O) groups is 2. The number of nitrogens with one attached hydrogen (secondary N) is 3. The van der Waals surface area contributed by atoms with Crippen LogP contribution in [0.1, 0.15) is 38.1 Å². The summed E-state index contributed by atoms with van der Waals surface area (Å²) in [6.07, 6.45) is 2.60. The van der Waals surface area contributed by atoms with Crippen molar-refractivity contribution < 1.29 is 14.7 Å². The lowest BCUT2D eigenvalue weighted by molar-refractivity contribution is -0.138. The van der Waals surface area contributed by atoms with Gasteiger partial charge in [0.25, 0.3) is 0 Å². The molecule has 1 aromatic heterocycles. The van der Waals surface area contributed by atoms with E-state index in [2.05, 4.69) is 20.6 Å². The van der Waals surface area contributed by atoms with Crippen LogP contribution in [0.3, 0.4) is 0 Å². The number of hydrogen-bond donors (Lipinski definition) is 4. The Morgan fingerprint density at radius 1 is 1.55 bits per heavy atom. The normalized spacial score (nSPS) is 18.4. The summed E-state index contributed by atoms with van der Waals surface area (Å²) in [7, 11) is 0. The zero-order valence-electron chi connectivity index (χ0n) is 11.7. The first-order chi connectivity index (χ1) is 9.37. The van der Waals surface area contributed by atoms with E-state index in [-0.39, 0.29) is 18.4 Å². The largest absolute Gasteiger partial charge is 0.481 e. The maximum atomic E-state index is 12.2. The molecule has 2 rings (SSSR count). The van der Waals surface area contributed by atoms with Gasteiger partial charge in [-0.1, -0.05) is 0 Å². The number of aromatic nitrogens is 2. The number of rotatable bonds is 5. The second-order valence-electron chi connectivity index (χ2n) is 5.73. The van der Waals surface area contributed by atoms with Crippen LogP contribution in [-0.4, -0.2) is 38.5 Å². The quantitative estimate of drug-likeness (QED) is 0.615. The summed E-state index contributed by atoms with van der Waals surface area (Å²) in [5.41, 5.74) is 1.38. The van der Waals surface area contributed by atoms with Gasteiger partial charge in [0.05, 0.1) is 23.8 Å². The molecule has 1 atom stereocenters. The summed E-state index contributed by atoms with van der Waals surface area (Å²) in [6.45, 7) is 4.25. The SMILES string of the molecule is CC(C)(CCC(=O)O)NC(=O)C1Cc2nc[nH]c2CN1. The lowest BCUT2D eigenvalue weighted by atomic mass is 9.96. The van der Waals surface area contributed by atoms with Gasteiger partial charge in [0.1, 0.15) is 0 Å². The summed E-state index contributed by atoms with van der Waals surface area (Å²) in [5, 5.41) is 14.8. The van der Waals surface area contributed by atoms with Crippen LogP contribution in [0.4, 0.5) is 0 Å². The van der Waals surface area contributed by atoms with Gasteiger partial charge in [-0.2, -0.15) is 0 Å². The average Bonchev–Trinajstić information content (AvgIpc) is 2.83. The first-order valence-electron chi connectivity index (χ1n) is 6.66. The minimum atomic E-state index is -0.857. The van der Waals surface area contributed by atoms with Crippen molar-refractivity contribution in [2.45, 2.75) is 51.2 Å². The maximum absolute atomic E-state index is 12.2. The monoisotopic (exact) mass is 280 g/mol. The molecule has 1 aliphatic rings. The van der Waals surface area contributed by atoms with E-state index in [1.807, 2.05) is 13.8 Å². The van der Waals surface area contributed by atoms with E-state index in [1.165, 1.54) is 0 Å². The highest BCUT2D eigenvalue weighted by molar-refractivity contribution is 5.83. The lowest BCUT2D eigenvalue weighted by Gasteiger charge is -2.30. The van der Waals surface area contributed by atoms with Crippen molar-refractivity contribution in [2.75, 3.05) is 0 Å². The van der Waals surface area contributed by atoms with Gasteiger partial charge in [-0.25, -0.2) is 4.98 Å². The van der Waals surface area contributed by atoms with Gasteiger partial charge in [-0.05, 0) is 20.3 Å². The zero-order chi connectivity index (χ0) is 14.8. The first kappa shape index (κ1) is 14.5. The minimum absolute atomic E-state index is 0.0366. The molecule has 0 radical (unpaired) electrons. The molecular formula is C13H20N4O3. The highest BCUT2D eigenvalue weighted by atomic mass is 16.4. The fourth-order valence-corrected chi connectivity index (χ4v) is 2.26. The molecule has 7 heteroatoms. The number of imidazole rings is 1. The molecule has 7 nitrogen and oxygen atoms in total. The van der Waals surface area contributed by atoms with Crippen molar-refractivity contribution in [3.05, 3.63) is 17.7 Å². The van der Waals surface area contributed by atoms with E-state index in [1.54, 1.807) is 6.33 Å². The molecule has 1 unspecified atom stereocenters. The number of carbonyl (C=O) groups excluding carboxylic acids is 1. The summed E-state index contributed by atoms with van der Waals surface area (Å²) in [4.78, 5) is 30.1. The Morgan fingerprint density at radius 3 is 3.00 bits per heavy atom. The van der Waals surface area contributed by atoms with Crippen LogP contribution in [0, 0.1) is 0 Å². The zero-order valence-corrected chi connectivity index (χ0v) is 11.7. The number of aromatic amines is 1. The number of aliphatic carboxylic acids is 1. The fraction of sp³-hybridized carbons (Fsp3) is 0.615. The molecule has 4 N–H and O–H groups in total. The predicted molar refractivity (Wildman–Crippen MR) is 72.0 cm³/mol. The average molecular weight is 280 g/mol.